The van der Waals surface area contributed by atoms with Crippen molar-refractivity contribution in [2.24, 2.45) is 4.99 Å². The van der Waals surface area contributed by atoms with Gasteiger partial charge in [0.15, 0.2) is 0 Å². The van der Waals surface area contributed by atoms with Gasteiger partial charge in [-0.05, 0) is 37.5 Å². The third-order valence-electron chi connectivity index (χ3n) is 3.88. The van der Waals surface area contributed by atoms with E-state index in [1.165, 1.54) is 18.2 Å². The predicted molar refractivity (Wildman–Crippen MR) is 93.1 cm³/mol. The fraction of sp³-hybridized carbons (Fsp3) is 0.300. The zero-order valence-electron chi connectivity index (χ0n) is 15.1. The molecule has 132 valence electrons. The second-order valence-corrected chi connectivity index (χ2v) is 5.86. The van der Waals surface area contributed by atoms with Gasteiger partial charge in [-0.1, -0.05) is 43.7 Å². The van der Waals surface area contributed by atoms with Crippen molar-refractivity contribution in [1.82, 2.24) is 0 Å². The van der Waals surface area contributed by atoms with Crippen LogP contribution in [0.5, 0.6) is 5.75 Å². The van der Waals surface area contributed by atoms with Crippen LogP contribution in [-0.4, -0.2) is 22.8 Å². The quantitative estimate of drug-likeness (QED) is 0.532. The van der Waals surface area contributed by atoms with Gasteiger partial charge in [-0.15, -0.1) is 0 Å². The van der Waals surface area contributed by atoms with Crippen molar-refractivity contribution >= 4 is 11.7 Å². The molecule has 1 atom stereocenters. The number of hydrogen-bond acceptors (Lipinski definition) is 4. The number of aromatic hydroxyl groups is 1. The molecule has 0 aliphatic rings. The number of carboxylic acid groups (broad SMARTS) is 1. The van der Waals surface area contributed by atoms with E-state index >= 15 is 0 Å². The third-order valence-corrected chi connectivity index (χ3v) is 3.88. The molecule has 2 aromatic carbocycles. The minimum Gasteiger partial charge on any atom is -0.550 e. The second-order valence-electron chi connectivity index (χ2n) is 5.86. The summed E-state index contributed by atoms with van der Waals surface area (Å²) in [6.45, 7) is 1.99. The molecule has 1 N–H and O–H groups in total. The van der Waals surface area contributed by atoms with E-state index in [0.29, 0.717) is 24.1 Å². The maximum atomic E-state index is 13.7. The van der Waals surface area contributed by atoms with Crippen molar-refractivity contribution in [3.05, 3.63) is 65.5 Å². The number of phenols is 1. The molecule has 0 saturated carbocycles. The molecule has 0 aliphatic heterocycles. The van der Waals surface area contributed by atoms with Crippen LogP contribution in [0, 0.1) is 5.82 Å². The van der Waals surface area contributed by atoms with Crippen LogP contribution in [0.1, 0.15) is 43.7 Å². The van der Waals surface area contributed by atoms with Gasteiger partial charge < -0.3 is 15.0 Å². The minimum atomic E-state index is -1.12. The van der Waals surface area contributed by atoms with Gasteiger partial charge in [-0.3, -0.25) is 4.99 Å². The number of carbonyl (C=O) groups is 1. The molecule has 0 amide bonds. The first-order valence-electron chi connectivity index (χ1n) is 8.33. The Morgan fingerprint density at radius 2 is 1.88 bits per heavy atom. The molecule has 0 aliphatic carbocycles. The minimum absolute atomic E-state index is 0. The number of hydrogen-bond donors (Lipinski definition) is 1. The molecule has 0 saturated heterocycles. The Labute approximate surface area is 175 Å². The number of benzene rings is 2. The van der Waals surface area contributed by atoms with Gasteiger partial charge in [0.1, 0.15) is 11.6 Å². The van der Waals surface area contributed by atoms with Crippen LogP contribution in [0.4, 0.5) is 4.39 Å². The summed E-state index contributed by atoms with van der Waals surface area (Å²) in [4.78, 5) is 15.5. The SMILES string of the molecule is CCCC(CCC(=O)[O-])N=C(c1ccccc1)c1cc(F)ccc1O.[Na+]. The number of rotatable bonds is 8. The number of aliphatic carboxylic acids is 1. The summed E-state index contributed by atoms with van der Waals surface area (Å²) in [6.07, 6.45) is 1.77. The monoisotopic (exact) mass is 365 g/mol. The average Bonchev–Trinajstić information content (AvgIpc) is 2.60. The van der Waals surface area contributed by atoms with Crippen LogP contribution in [0.15, 0.2) is 53.5 Å². The number of nitrogens with zero attached hydrogens (tertiary/aromatic N) is 1. The molecule has 2 aromatic rings. The molecule has 0 spiro atoms. The van der Waals surface area contributed by atoms with E-state index in [-0.39, 0.29) is 47.8 Å². The molecular weight excluding hydrogens is 344 g/mol. The molecule has 6 heteroatoms. The Morgan fingerprint density at radius 3 is 2.50 bits per heavy atom. The van der Waals surface area contributed by atoms with Gasteiger partial charge in [0.05, 0.1) is 11.8 Å². The van der Waals surface area contributed by atoms with Gasteiger partial charge in [0.25, 0.3) is 0 Å². The Bertz CT molecular complexity index is 750. The van der Waals surface area contributed by atoms with Crippen LogP contribution in [0.3, 0.4) is 0 Å². The first kappa shape index (κ1) is 22.4. The normalized spacial score (nSPS) is 12.3. The van der Waals surface area contributed by atoms with Gasteiger partial charge in [0, 0.05) is 17.1 Å². The van der Waals surface area contributed by atoms with Gasteiger partial charge in [-0.25, -0.2) is 4.39 Å². The molecule has 0 radical (unpaired) electrons. The van der Waals surface area contributed by atoms with Crippen LogP contribution in [0.25, 0.3) is 0 Å². The van der Waals surface area contributed by atoms with Crippen molar-refractivity contribution < 1.29 is 49.0 Å². The zero-order valence-corrected chi connectivity index (χ0v) is 17.1. The summed E-state index contributed by atoms with van der Waals surface area (Å²) in [5.41, 5.74) is 1.48. The number of carboxylic acids is 1. The molecule has 0 aromatic heterocycles. The number of aliphatic imine (C=N–C) groups is 1. The largest absolute Gasteiger partial charge is 1.00 e. The van der Waals surface area contributed by atoms with Crippen LogP contribution >= 0.6 is 0 Å². The van der Waals surface area contributed by atoms with Crippen LogP contribution in [-0.2, 0) is 4.79 Å². The first-order chi connectivity index (χ1) is 12.0. The Kier molecular flexibility index (Phi) is 9.55. The predicted octanol–water partition coefficient (Wildman–Crippen LogP) is 0.0715. The fourth-order valence-corrected chi connectivity index (χ4v) is 2.67. The van der Waals surface area contributed by atoms with Crippen molar-refractivity contribution in [2.45, 2.75) is 38.6 Å². The maximum absolute atomic E-state index is 13.7. The molecule has 26 heavy (non-hydrogen) atoms. The van der Waals surface area contributed by atoms with E-state index in [4.69, 9.17) is 0 Å². The van der Waals surface area contributed by atoms with Crippen molar-refractivity contribution in [1.29, 1.82) is 0 Å². The molecule has 1 unspecified atom stereocenters. The van der Waals surface area contributed by atoms with Crippen molar-refractivity contribution in [3.8, 4) is 5.75 Å². The molecule has 0 heterocycles. The topological polar surface area (TPSA) is 72.7 Å². The van der Waals surface area contributed by atoms with E-state index in [1.54, 1.807) is 0 Å². The van der Waals surface area contributed by atoms with Crippen LogP contribution in [0.2, 0.25) is 0 Å². The van der Waals surface area contributed by atoms with E-state index in [9.17, 15) is 19.4 Å². The summed E-state index contributed by atoms with van der Waals surface area (Å²) in [6, 6.07) is 12.6. The number of carbonyl (C=O) groups excluding carboxylic acids is 1. The van der Waals surface area contributed by atoms with E-state index < -0.39 is 11.8 Å². The van der Waals surface area contributed by atoms with Crippen molar-refractivity contribution in [3.63, 3.8) is 0 Å². The Morgan fingerprint density at radius 1 is 1.19 bits per heavy atom. The molecular formula is C20H21FNNaO3. The van der Waals surface area contributed by atoms with E-state index in [0.717, 1.165) is 12.0 Å². The summed E-state index contributed by atoms with van der Waals surface area (Å²) in [7, 11) is 0. The van der Waals surface area contributed by atoms with Gasteiger partial charge in [-0.2, -0.15) is 0 Å². The van der Waals surface area contributed by atoms with E-state index in [1.807, 2.05) is 37.3 Å². The standard InChI is InChI=1S/C20H22FNO3.Na/c1-2-6-16(10-12-19(24)25)22-20(14-7-4-3-5-8-14)17-13-15(21)9-11-18(17)23;/h3-5,7-9,11,13,16,23H,2,6,10,12H2,1H3,(H,24,25);/q;+1/p-1. The Hall–Kier alpha value is -1.69. The van der Waals surface area contributed by atoms with Crippen LogP contribution < -0.4 is 34.7 Å². The summed E-state index contributed by atoms with van der Waals surface area (Å²) in [5.74, 6) is -1.66. The summed E-state index contributed by atoms with van der Waals surface area (Å²) < 4.78 is 13.7. The third kappa shape index (κ3) is 6.56. The molecule has 0 bridgehead atoms. The number of phenolic OH excluding ortho intramolecular Hbond substituents is 1. The van der Waals surface area contributed by atoms with Gasteiger partial charge >= 0.3 is 29.6 Å². The smallest absolute Gasteiger partial charge is 0.550 e. The van der Waals surface area contributed by atoms with E-state index in [2.05, 4.69) is 4.99 Å². The second kappa shape index (κ2) is 11.1. The molecule has 0 fully saturated rings. The molecule has 4 nitrogen and oxygen atoms in total. The zero-order chi connectivity index (χ0) is 18.2. The summed E-state index contributed by atoms with van der Waals surface area (Å²) >= 11 is 0. The fourth-order valence-electron chi connectivity index (χ4n) is 2.67. The first-order valence-corrected chi connectivity index (χ1v) is 8.33. The average molecular weight is 365 g/mol. The molecule has 2 rings (SSSR count). The van der Waals surface area contributed by atoms with Crippen molar-refractivity contribution in [2.75, 3.05) is 0 Å². The summed E-state index contributed by atoms with van der Waals surface area (Å²) in [5, 5.41) is 21.0. The van der Waals surface area contributed by atoms with Gasteiger partial charge in [0.2, 0.25) is 0 Å². The maximum Gasteiger partial charge on any atom is 1.00 e. The Balaban J connectivity index is 0.00000338. The number of halogens is 1.